The fourth-order valence-corrected chi connectivity index (χ4v) is 4.12. The molecule has 4 aromatic rings. The molecular formula is C30H22F6. The first kappa shape index (κ1) is 25.4. The van der Waals surface area contributed by atoms with Crippen LogP contribution in [0.1, 0.15) is 37.3 Å². The van der Waals surface area contributed by atoms with E-state index in [1.165, 1.54) is 42.2 Å². The average molecular weight is 496 g/mol. The number of aryl methyl sites for hydroxylation is 1. The first-order valence-corrected chi connectivity index (χ1v) is 11.6. The van der Waals surface area contributed by atoms with Crippen LogP contribution in [0.15, 0.2) is 66.7 Å². The van der Waals surface area contributed by atoms with E-state index < -0.39 is 29.2 Å². The monoisotopic (exact) mass is 496 g/mol. The minimum Gasteiger partial charge on any atom is -0.206 e. The van der Waals surface area contributed by atoms with Crippen molar-refractivity contribution >= 4 is 10.8 Å². The van der Waals surface area contributed by atoms with Crippen LogP contribution in [0, 0.1) is 29.3 Å². The number of unbranched alkanes of at least 4 members (excludes halogenated alkanes) is 2. The minimum absolute atomic E-state index is 0.0854. The molecule has 0 aliphatic rings. The van der Waals surface area contributed by atoms with Crippen LogP contribution in [0.3, 0.4) is 0 Å². The van der Waals surface area contributed by atoms with Crippen molar-refractivity contribution in [2.24, 2.45) is 0 Å². The summed E-state index contributed by atoms with van der Waals surface area (Å²) in [5.41, 5.74) is 2.45. The Morgan fingerprint density at radius 3 is 2.08 bits per heavy atom. The highest BCUT2D eigenvalue weighted by molar-refractivity contribution is 5.89. The Morgan fingerprint density at radius 2 is 1.42 bits per heavy atom. The Hall–Kier alpha value is -3.72. The van der Waals surface area contributed by atoms with Gasteiger partial charge >= 0.3 is 6.18 Å². The van der Waals surface area contributed by atoms with Crippen molar-refractivity contribution in [1.29, 1.82) is 0 Å². The third-order valence-electron chi connectivity index (χ3n) is 5.99. The normalized spacial score (nSPS) is 11.4. The summed E-state index contributed by atoms with van der Waals surface area (Å²) >= 11 is 0. The highest BCUT2D eigenvalue weighted by Crippen LogP contribution is 2.32. The average Bonchev–Trinajstić information content (AvgIpc) is 2.83. The number of alkyl halides is 3. The first-order chi connectivity index (χ1) is 17.2. The molecule has 0 aliphatic heterocycles. The topological polar surface area (TPSA) is 0 Å². The van der Waals surface area contributed by atoms with Crippen LogP contribution in [0.5, 0.6) is 0 Å². The number of rotatable bonds is 6. The molecule has 0 saturated carbocycles. The van der Waals surface area contributed by atoms with E-state index in [4.69, 9.17) is 0 Å². The molecule has 0 aromatic heterocycles. The van der Waals surface area contributed by atoms with Crippen molar-refractivity contribution in [3.8, 4) is 34.1 Å². The van der Waals surface area contributed by atoms with Gasteiger partial charge in [-0.3, -0.25) is 0 Å². The van der Waals surface area contributed by atoms with E-state index in [1.807, 2.05) is 24.3 Å². The smallest absolute Gasteiger partial charge is 0.206 e. The van der Waals surface area contributed by atoms with E-state index in [1.54, 1.807) is 12.1 Å². The lowest BCUT2D eigenvalue weighted by molar-refractivity contribution is -0.0696. The van der Waals surface area contributed by atoms with Gasteiger partial charge in [0.2, 0.25) is 0 Å². The molecule has 36 heavy (non-hydrogen) atoms. The highest BCUT2D eigenvalue weighted by atomic mass is 19.4. The predicted octanol–water partition coefficient (Wildman–Crippen LogP) is 9.24. The summed E-state index contributed by atoms with van der Waals surface area (Å²) in [6.45, 7) is 2.16. The molecule has 4 aromatic carbocycles. The molecule has 0 radical (unpaired) electrons. The maximum absolute atomic E-state index is 15.1. The molecule has 0 heterocycles. The lowest BCUT2D eigenvalue weighted by Gasteiger charge is -2.10. The molecule has 0 fully saturated rings. The van der Waals surface area contributed by atoms with Gasteiger partial charge in [0.15, 0.2) is 0 Å². The molecule has 0 nitrogen and oxygen atoms in total. The lowest BCUT2D eigenvalue weighted by Crippen LogP contribution is -2.02. The Kier molecular flexibility index (Phi) is 7.40. The van der Waals surface area contributed by atoms with Gasteiger partial charge in [-0.15, -0.1) is 0 Å². The van der Waals surface area contributed by atoms with Gasteiger partial charge in [-0.1, -0.05) is 74.2 Å². The van der Waals surface area contributed by atoms with Gasteiger partial charge in [-0.05, 0) is 58.7 Å². The van der Waals surface area contributed by atoms with E-state index >= 15 is 4.39 Å². The summed E-state index contributed by atoms with van der Waals surface area (Å²) < 4.78 is 81.2. The Morgan fingerprint density at radius 1 is 0.722 bits per heavy atom. The van der Waals surface area contributed by atoms with E-state index in [-0.39, 0.29) is 16.3 Å². The molecule has 4 rings (SSSR count). The van der Waals surface area contributed by atoms with Gasteiger partial charge in [0, 0.05) is 16.9 Å². The molecule has 0 bridgehead atoms. The molecule has 0 spiro atoms. The second kappa shape index (κ2) is 10.5. The summed E-state index contributed by atoms with van der Waals surface area (Å²) in [7, 11) is 0. The zero-order valence-electron chi connectivity index (χ0n) is 19.4. The maximum atomic E-state index is 15.1. The van der Waals surface area contributed by atoms with Gasteiger partial charge in [-0.2, -0.15) is 13.2 Å². The molecule has 0 aliphatic carbocycles. The molecule has 0 atom stereocenters. The predicted molar refractivity (Wildman–Crippen MR) is 131 cm³/mol. The molecule has 184 valence electrons. The molecule has 0 amide bonds. The van der Waals surface area contributed by atoms with Crippen LogP contribution in [-0.2, 0) is 6.42 Å². The quantitative estimate of drug-likeness (QED) is 0.142. The van der Waals surface area contributed by atoms with Crippen molar-refractivity contribution in [3.63, 3.8) is 0 Å². The van der Waals surface area contributed by atoms with E-state index in [2.05, 4.69) is 6.92 Å². The number of benzene rings is 4. The van der Waals surface area contributed by atoms with Gasteiger partial charge in [0.05, 0.1) is 5.56 Å². The van der Waals surface area contributed by atoms with Crippen molar-refractivity contribution in [2.75, 3.05) is 0 Å². The zero-order valence-corrected chi connectivity index (χ0v) is 19.4. The van der Waals surface area contributed by atoms with Gasteiger partial charge in [-0.25, -0.2) is 13.2 Å². The Bertz CT molecular complexity index is 1450. The highest BCUT2D eigenvalue weighted by Gasteiger charge is 2.24. The fraction of sp³-hybridized carbons (Fsp3) is 0.200. The fourth-order valence-electron chi connectivity index (χ4n) is 4.12. The number of hydrogen-bond acceptors (Lipinski definition) is 0. The third-order valence-corrected chi connectivity index (χ3v) is 5.99. The summed E-state index contributed by atoms with van der Waals surface area (Å²) in [6.07, 6.45) is -0.418. The Balaban J connectivity index is 1.63. The maximum Gasteiger partial charge on any atom is 0.458 e. The number of hydrogen-bond donors (Lipinski definition) is 0. The van der Waals surface area contributed by atoms with Crippen LogP contribution < -0.4 is 0 Å². The summed E-state index contributed by atoms with van der Waals surface area (Å²) in [5.74, 6) is -0.515. The van der Waals surface area contributed by atoms with Gasteiger partial charge in [0.25, 0.3) is 0 Å². The van der Waals surface area contributed by atoms with Gasteiger partial charge < -0.3 is 0 Å². The van der Waals surface area contributed by atoms with Crippen LogP contribution in [-0.4, -0.2) is 6.18 Å². The Labute approximate surface area is 205 Å². The summed E-state index contributed by atoms with van der Waals surface area (Å²) in [4.78, 5) is 0. The van der Waals surface area contributed by atoms with Crippen LogP contribution in [0.4, 0.5) is 26.3 Å². The zero-order chi connectivity index (χ0) is 25.9. The first-order valence-electron chi connectivity index (χ1n) is 11.6. The minimum atomic E-state index is -4.88. The largest absolute Gasteiger partial charge is 0.458 e. The molecule has 6 heteroatoms. The number of fused-ring (bicyclic) bond motifs is 1. The van der Waals surface area contributed by atoms with E-state index in [9.17, 15) is 22.0 Å². The summed E-state index contributed by atoms with van der Waals surface area (Å²) in [5, 5.41) is -0.0233. The summed E-state index contributed by atoms with van der Waals surface area (Å²) in [6, 6.07) is 17.8. The van der Waals surface area contributed by atoms with Crippen molar-refractivity contribution in [1.82, 2.24) is 0 Å². The molecule has 0 unspecified atom stereocenters. The standard InChI is InChI=1S/C30H22F6/c1-2-3-4-5-19-6-8-20(9-7-19)21-10-12-24(27(31)17-21)22-11-13-25-23(16-22)18-28(32)26(29(25)33)14-15-30(34,35)36/h6-13,16-18H,2-5H2,1H3. The van der Waals surface area contributed by atoms with Crippen molar-refractivity contribution in [2.45, 2.75) is 38.8 Å². The van der Waals surface area contributed by atoms with Crippen molar-refractivity contribution in [3.05, 3.63) is 95.3 Å². The SMILES string of the molecule is CCCCCc1ccc(-c2ccc(-c3ccc4c(F)c(C#CC(F)(F)F)c(F)cc4c3)c(F)c2)cc1. The van der Waals surface area contributed by atoms with Gasteiger partial charge in [0.1, 0.15) is 17.5 Å². The molecular weight excluding hydrogens is 474 g/mol. The second-order valence-corrected chi connectivity index (χ2v) is 8.58. The third kappa shape index (κ3) is 5.73. The second-order valence-electron chi connectivity index (χ2n) is 8.58. The van der Waals surface area contributed by atoms with Crippen LogP contribution in [0.2, 0.25) is 0 Å². The number of halogens is 6. The van der Waals surface area contributed by atoms with Crippen molar-refractivity contribution < 1.29 is 26.3 Å². The molecule has 0 saturated heterocycles. The van der Waals surface area contributed by atoms with Crippen LogP contribution in [0.25, 0.3) is 33.0 Å². The van der Waals surface area contributed by atoms with Crippen LogP contribution >= 0.6 is 0 Å². The lowest BCUT2D eigenvalue weighted by atomic mass is 9.96. The van der Waals surface area contributed by atoms with E-state index in [0.29, 0.717) is 11.1 Å². The molecule has 0 N–H and O–H groups in total. The van der Waals surface area contributed by atoms with E-state index in [0.717, 1.165) is 36.8 Å².